The molecule has 0 N–H and O–H groups in total. The van der Waals surface area contributed by atoms with Crippen LogP contribution in [0.5, 0.6) is 17.2 Å². The van der Waals surface area contributed by atoms with Crippen molar-refractivity contribution in [2.75, 3.05) is 41.0 Å². The van der Waals surface area contributed by atoms with Gasteiger partial charge in [0.15, 0.2) is 6.61 Å². The van der Waals surface area contributed by atoms with E-state index in [0.29, 0.717) is 36.8 Å². The lowest BCUT2D eigenvalue weighted by Gasteiger charge is -2.42. The molecule has 0 aromatic heterocycles. The summed E-state index contributed by atoms with van der Waals surface area (Å²) in [6.45, 7) is 0.438. The van der Waals surface area contributed by atoms with E-state index in [2.05, 4.69) is 0 Å². The molecule has 0 unspecified atom stereocenters. The molecule has 2 heterocycles. The zero-order chi connectivity index (χ0) is 19.6. The highest BCUT2D eigenvalue weighted by atomic mass is 16.6. The summed E-state index contributed by atoms with van der Waals surface area (Å²) in [5.41, 5.74) is 0.782. The maximum absolute atomic E-state index is 12.4. The molecule has 2 aliphatic rings. The van der Waals surface area contributed by atoms with Crippen LogP contribution in [0.25, 0.3) is 0 Å². The van der Waals surface area contributed by atoms with E-state index in [4.69, 9.17) is 18.9 Å². The van der Waals surface area contributed by atoms with E-state index < -0.39 is 6.09 Å². The van der Waals surface area contributed by atoms with Gasteiger partial charge < -0.3 is 23.8 Å². The monoisotopic (exact) mass is 378 g/mol. The number of carbonyl (C=O) groups is 3. The van der Waals surface area contributed by atoms with Gasteiger partial charge >= 0.3 is 6.09 Å². The van der Waals surface area contributed by atoms with Crippen molar-refractivity contribution in [1.82, 2.24) is 9.80 Å². The molecular weight excluding hydrogens is 356 g/mol. The Morgan fingerprint density at radius 2 is 1.74 bits per heavy atom. The van der Waals surface area contributed by atoms with Gasteiger partial charge in [-0.15, -0.1) is 0 Å². The highest BCUT2D eigenvalue weighted by Gasteiger charge is 2.44. The number of cyclic esters (lactones) is 1. The Morgan fingerprint density at radius 3 is 2.22 bits per heavy atom. The average molecular weight is 378 g/mol. The molecule has 1 aromatic carbocycles. The second-order valence-electron chi connectivity index (χ2n) is 6.28. The number of likely N-dealkylation sites (tertiary alicyclic amines) is 1. The van der Waals surface area contributed by atoms with Gasteiger partial charge in [0.25, 0.3) is 5.91 Å². The number of rotatable bonds is 7. The molecule has 27 heavy (non-hydrogen) atoms. The summed E-state index contributed by atoms with van der Waals surface area (Å²) < 4.78 is 20.7. The molecule has 1 aromatic rings. The maximum atomic E-state index is 12.4. The second kappa shape index (κ2) is 7.73. The number of hydrogen-bond donors (Lipinski definition) is 0. The highest BCUT2D eigenvalue weighted by Crippen LogP contribution is 2.35. The fourth-order valence-electron chi connectivity index (χ4n) is 3.25. The van der Waals surface area contributed by atoms with Gasteiger partial charge in [-0.05, 0) is 6.42 Å². The summed E-state index contributed by atoms with van der Waals surface area (Å²) >= 11 is 0. The summed E-state index contributed by atoms with van der Waals surface area (Å²) in [7, 11) is 4.65. The number of ether oxygens (including phenoxy) is 4. The first kappa shape index (κ1) is 18.8. The zero-order valence-electron chi connectivity index (χ0n) is 15.5. The van der Waals surface area contributed by atoms with Crippen LogP contribution in [0.1, 0.15) is 12.0 Å². The topological polar surface area (TPSA) is 94.6 Å². The van der Waals surface area contributed by atoms with E-state index in [-0.39, 0.29) is 30.9 Å². The minimum atomic E-state index is -0.634. The number of carbonyl (C=O) groups excluding carboxylic acids is 3. The van der Waals surface area contributed by atoms with Crippen LogP contribution in [-0.2, 0) is 20.7 Å². The van der Waals surface area contributed by atoms with E-state index in [1.54, 1.807) is 38.4 Å². The third kappa shape index (κ3) is 3.62. The maximum Gasteiger partial charge on any atom is 0.417 e. The van der Waals surface area contributed by atoms with Crippen LogP contribution in [0, 0.1) is 0 Å². The predicted molar refractivity (Wildman–Crippen MR) is 93.0 cm³/mol. The molecule has 0 atom stereocenters. The SMILES string of the molecule is COc1cc(OC)c(CCC(=O)N2CC(N3C(=O)COC3=O)C2)c(OC)c1. The minimum Gasteiger partial charge on any atom is -0.496 e. The van der Waals surface area contributed by atoms with Gasteiger partial charge in [0, 0.05) is 37.2 Å². The molecule has 0 spiro atoms. The van der Waals surface area contributed by atoms with Gasteiger partial charge in [-0.1, -0.05) is 0 Å². The van der Waals surface area contributed by atoms with Gasteiger partial charge in [0.1, 0.15) is 17.2 Å². The normalized spacial score (nSPS) is 16.9. The van der Waals surface area contributed by atoms with Gasteiger partial charge in [-0.3, -0.25) is 9.59 Å². The second-order valence-corrected chi connectivity index (χ2v) is 6.28. The van der Waals surface area contributed by atoms with E-state index >= 15 is 0 Å². The lowest BCUT2D eigenvalue weighted by atomic mass is 10.0. The van der Waals surface area contributed by atoms with E-state index in [9.17, 15) is 14.4 Å². The van der Waals surface area contributed by atoms with Gasteiger partial charge in [-0.2, -0.15) is 0 Å². The molecule has 2 fully saturated rings. The van der Waals surface area contributed by atoms with Crippen LogP contribution < -0.4 is 14.2 Å². The molecule has 2 saturated heterocycles. The van der Waals surface area contributed by atoms with Crippen molar-refractivity contribution >= 4 is 17.9 Å². The molecule has 9 nitrogen and oxygen atoms in total. The third-order valence-electron chi connectivity index (χ3n) is 4.77. The van der Waals surface area contributed by atoms with Crippen molar-refractivity contribution in [2.45, 2.75) is 18.9 Å². The largest absolute Gasteiger partial charge is 0.496 e. The Morgan fingerprint density at radius 1 is 1.11 bits per heavy atom. The lowest BCUT2D eigenvalue weighted by Crippen LogP contribution is -2.62. The Hall–Kier alpha value is -2.97. The van der Waals surface area contributed by atoms with Crippen LogP contribution in [-0.4, -0.2) is 74.8 Å². The summed E-state index contributed by atoms with van der Waals surface area (Å²) in [6, 6.07) is 3.18. The van der Waals surface area contributed by atoms with Gasteiger partial charge in [-0.25, -0.2) is 9.69 Å². The minimum absolute atomic E-state index is 0.0637. The fourth-order valence-corrected chi connectivity index (χ4v) is 3.25. The van der Waals surface area contributed by atoms with Crippen LogP contribution in [0.4, 0.5) is 4.79 Å². The van der Waals surface area contributed by atoms with E-state index in [1.165, 1.54) is 0 Å². The Labute approximate surface area is 156 Å². The summed E-state index contributed by atoms with van der Waals surface area (Å²) in [5.74, 6) is 1.36. The average Bonchev–Trinajstić information content (AvgIpc) is 2.96. The Balaban J connectivity index is 1.59. The van der Waals surface area contributed by atoms with Crippen molar-refractivity contribution < 1.29 is 33.3 Å². The van der Waals surface area contributed by atoms with Gasteiger partial charge in [0.2, 0.25) is 5.91 Å². The number of hydrogen-bond acceptors (Lipinski definition) is 7. The number of nitrogens with zero attached hydrogens (tertiary/aromatic N) is 2. The molecular formula is C18H22N2O7. The number of methoxy groups -OCH3 is 3. The first-order valence-corrected chi connectivity index (χ1v) is 8.54. The molecule has 0 saturated carbocycles. The van der Waals surface area contributed by atoms with E-state index in [1.807, 2.05) is 0 Å². The Kier molecular flexibility index (Phi) is 5.38. The summed E-state index contributed by atoms with van der Waals surface area (Å²) in [5, 5.41) is 0. The summed E-state index contributed by atoms with van der Waals surface area (Å²) in [6.07, 6.45) is 0.0513. The van der Waals surface area contributed by atoms with Crippen molar-refractivity contribution in [3.05, 3.63) is 17.7 Å². The first-order valence-electron chi connectivity index (χ1n) is 8.54. The van der Waals surface area contributed by atoms with E-state index in [0.717, 1.165) is 10.5 Å². The standard InChI is InChI=1S/C18H22N2O7/c1-24-12-6-14(25-2)13(15(7-12)26-3)4-5-16(21)19-8-11(9-19)20-17(22)10-27-18(20)23/h6-7,11H,4-5,8-10H2,1-3H3. The zero-order valence-corrected chi connectivity index (χ0v) is 15.5. The number of imide groups is 1. The van der Waals surface area contributed by atoms with Crippen LogP contribution in [0.3, 0.4) is 0 Å². The number of amides is 3. The lowest BCUT2D eigenvalue weighted by molar-refractivity contribution is -0.142. The smallest absolute Gasteiger partial charge is 0.417 e. The molecule has 0 aliphatic carbocycles. The van der Waals surface area contributed by atoms with Crippen LogP contribution in [0.2, 0.25) is 0 Å². The van der Waals surface area contributed by atoms with Crippen molar-refractivity contribution in [1.29, 1.82) is 0 Å². The van der Waals surface area contributed by atoms with Crippen LogP contribution >= 0.6 is 0 Å². The molecule has 3 amide bonds. The molecule has 146 valence electrons. The molecule has 0 bridgehead atoms. The van der Waals surface area contributed by atoms with Crippen molar-refractivity contribution in [3.8, 4) is 17.2 Å². The molecule has 2 aliphatic heterocycles. The highest BCUT2D eigenvalue weighted by molar-refractivity contribution is 5.98. The third-order valence-corrected chi connectivity index (χ3v) is 4.77. The Bertz CT molecular complexity index is 717. The number of benzene rings is 1. The quantitative estimate of drug-likeness (QED) is 0.694. The molecule has 3 rings (SSSR count). The van der Waals surface area contributed by atoms with Crippen molar-refractivity contribution in [2.24, 2.45) is 0 Å². The fraction of sp³-hybridized carbons (Fsp3) is 0.500. The van der Waals surface area contributed by atoms with Gasteiger partial charge in [0.05, 0.1) is 27.4 Å². The van der Waals surface area contributed by atoms with Crippen molar-refractivity contribution in [3.63, 3.8) is 0 Å². The first-order chi connectivity index (χ1) is 13.0. The predicted octanol–water partition coefficient (Wildman–Crippen LogP) is 0.835. The molecule has 0 radical (unpaired) electrons. The molecule has 9 heteroatoms. The van der Waals surface area contributed by atoms with Crippen LogP contribution in [0.15, 0.2) is 12.1 Å². The summed E-state index contributed by atoms with van der Waals surface area (Å²) in [4.78, 5) is 38.3.